The number of hydrogen-bond acceptors (Lipinski definition) is 8. The number of nitrogens with one attached hydrogen (secondary N) is 2. The van der Waals surface area contributed by atoms with Crippen LogP contribution in [0.15, 0.2) is 42.7 Å². The van der Waals surface area contributed by atoms with Crippen LogP contribution in [-0.2, 0) is 18.3 Å². The van der Waals surface area contributed by atoms with Gasteiger partial charge in [0.05, 0.1) is 13.3 Å². The van der Waals surface area contributed by atoms with Crippen molar-refractivity contribution in [2.24, 2.45) is 7.05 Å². The maximum Gasteiger partial charge on any atom is 0.586 e. The van der Waals surface area contributed by atoms with Crippen molar-refractivity contribution < 1.29 is 32.6 Å². The maximum atomic E-state index is 13.2. The van der Waals surface area contributed by atoms with E-state index in [2.05, 4.69) is 34.9 Å². The highest BCUT2D eigenvalue weighted by Crippen LogP contribution is 2.42. The number of aryl methyl sites for hydroxylation is 1. The second-order valence-corrected chi connectivity index (χ2v) is 6.71. The second-order valence-electron chi connectivity index (χ2n) is 6.71. The Kier molecular flexibility index (Phi) is 5.34. The smallest absolute Gasteiger partial charge is 0.464 e. The standard InChI is InChI=1S/C20H17F2N5O5/c1-27-17(24-9-11-5-6-23-14(7-11)19(29)30-2)13(10-25-27)18(28)26-12-3-4-15-16(8-12)32-20(21,22)31-15/h3-8,10,24H,9H2,1-2H3,(H,26,28). The number of pyridine rings is 1. The Bertz CT molecular complexity index is 1200. The van der Waals surface area contributed by atoms with Crippen LogP contribution in [0.3, 0.4) is 0 Å². The van der Waals surface area contributed by atoms with Gasteiger partial charge in [0.1, 0.15) is 17.1 Å². The number of rotatable bonds is 6. The van der Waals surface area contributed by atoms with Gasteiger partial charge in [-0.05, 0) is 29.8 Å². The van der Waals surface area contributed by atoms with Crippen molar-refractivity contribution in [1.29, 1.82) is 0 Å². The number of hydrogen-bond donors (Lipinski definition) is 2. The molecule has 0 spiro atoms. The van der Waals surface area contributed by atoms with Crippen molar-refractivity contribution in [2.75, 3.05) is 17.7 Å². The van der Waals surface area contributed by atoms with Gasteiger partial charge in [-0.15, -0.1) is 8.78 Å². The Hall–Kier alpha value is -4.22. The number of halogens is 2. The van der Waals surface area contributed by atoms with Crippen LogP contribution in [-0.4, -0.2) is 40.0 Å². The molecule has 0 unspecified atom stereocenters. The number of esters is 1. The molecule has 1 amide bonds. The van der Waals surface area contributed by atoms with E-state index in [4.69, 9.17) is 0 Å². The van der Waals surface area contributed by atoms with E-state index < -0.39 is 18.2 Å². The Morgan fingerprint density at radius 1 is 1.19 bits per heavy atom. The van der Waals surface area contributed by atoms with E-state index in [0.29, 0.717) is 5.82 Å². The first-order valence-corrected chi connectivity index (χ1v) is 9.26. The number of benzene rings is 1. The molecule has 166 valence electrons. The summed E-state index contributed by atoms with van der Waals surface area (Å²) < 4.78 is 41.2. The molecule has 32 heavy (non-hydrogen) atoms. The Labute approximate surface area is 180 Å². The molecule has 1 aromatic carbocycles. The largest absolute Gasteiger partial charge is 0.586 e. The van der Waals surface area contributed by atoms with Gasteiger partial charge in [-0.2, -0.15) is 5.10 Å². The van der Waals surface area contributed by atoms with E-state index >= 15 is 0 Å². The molecule has 12 heteroatoms. The molecule has 0 aliphatic carbocycles. The first kappa shape index (κ1) is 21.0. The van der Waals surface area contributed by atoms with Crippen LogP contribution >= 0.6 is 0 Å². The van der Waals surface area contributed by atoms with E-state index in [-0.39, 0.29) is 35.0 Å². The number of anilines is 2. The van der Waals surface area contributed by atoms with E-state index in [9.17, 15) is 18.4 Å². The Balaban J connectivity index is 1.47. The average molecular weight is 445 g/mol. The number of carbonyl (C=O) groups is 2. The third kappa shape index (κ3) is 4.29. The molecule has 3 aromatic rings. The third-order valence-electron chi connectivity index (χ3n) is 4.52. The molecule has 0 radical (unpaired) electrons. The summed E-state index contributed by atoms with van der Waals surface area (Å²) >= 11 is 0. The van der Waals surface area contributed by atoms with Crippen molar-refractivity contribution in [3.05, 3.63) is 59.5 Å². The average Bonchev–Trinajstić information content (AvgIpc) is 3.28. The molecule has 1 aliphatic rings. The molecule has 4 rings (SSSR count). The minimum absolute atomic E-state index is 0.125. The Morgan fingerprint density at radius 3 is 2.75 bits per heavy atom. The normalized spacial score (nSPS) is 13.5. The zero-order chi connectivity index (χ0) is 22.9. The highest BCUT2D eigenvalue weighted by atomic mass is 19.3. The summed E-state index contributed by atoms with van der Waals surface area (Å²) in [6, 6.07) is 7.20. The lowest BCUT2D eigenvalue weighted by molar-refractivity contribution is -0.286. The van der Waals surface area contributed by atoms with Crippen LogP contribution in [0.25, 0.3) is 0 Å². The molecule has 0 saturated heterocycles. The molecule has 3 heterocycles. The van der Waals surface area contributed by atoms with Crippen LogP contribution < -0.4 is 20.1 Å². The second kappa shape index (κ2) is 8.13. The summed E-state index contributed by atoms with van der Waals surface area (Å²) in [6.07, 6.45) is -0.902. The van der Waals surface area contributed by atoms with E-state index in [1.165, 1.54) is 42.4 Å². The lowest BCUT2D eigenvalue weighted by atomic mass is 10.2. The molecule has 1 aliphatic heterocycles. The number of nitrogens with zero attached hydrogens (tertiary/aromatic N) is 3. The predicted molar refractivity (Wildman–Crippen MR) is 107 cm³/mol. The number of ether oxygens (including phenoxy) is 3. The summed E-state index contributed by atoms with van der Waals surface area (Å²) in [5.41, 5.74) is 1.34. The summed E-state index contributed by atoms with van der Waals surface area (Å²) in [5, 5.41) is 9.80. The number of aromatic nitrogens is 3. The molecular formula is C20H17F2N5O5. The molecular weight excluding hydrogens is 428 g/mol. The molecule has 0 atom stereocenters. The molecule has 10 nitrogen and oxygen atoms in total. The molecule has 2 N–H and O–H groups in total. The van der Waals surface area contributed by atoms with Crippen LogP contribution in [0.5, 0.6) is 11.5 Å². The number of amides is 1. The van der Waals surface area contributed by atoms with Gasteiger partial charge in [0, 0.05) is 31.5 Å². The lowest BCUT2D eigenvalue weighted by Crippen LogP contribution is -2.25. The summed E-state index contributed by atoms with van der Waals surface area (Å²) in [6.45, 7) is 0.269. The van der Waals surface area contributed by atoms with Gasteiger partial charge in [0.25, 0.3) is 5.91 Å². The number of fused-ring (bicyclic) bond motifs is 1. The van der Waals surface area contributed by atoms with Crippen molar-refractivity contribution in [3.63, 3.8) is 0 Å². The molecule has 0 saturated carbocycles. The fraction of sp³-hybridized carbons (Fsp3) is 0.200. The summed E-state index contributed by atoms with van der Waals surface area (Å²) in [4.78, 5) is 28.4. The third-order valence-corrected chi connectivity index (χ3v) is 4.52. The zero-order valence-electron chi connectivity index (χ0n) is 16.9. The van der Waals surface area contributed by atoms with Crippen LogP contribution in [0.1, 0.15) is 26.4 Å². The Morgan fingerprint density at radius 2 is 1.97 bits per heavy atom. The number of carbonyl (C=O) groups excluding carboxylic acids is 2. The van der Waals surface area contributed by atoms with E-state index in [1.807, 2.05) is 0 Å². The first-order chi connectivity index (χ1) is 15.3. The fourth-order valence-corrected chi connectivity index (χ4v) is 3.02. The van der Waals surface area contributed by atoms with Crippen molar-refractivity contribution in [3.8, 4) is 11.5 Å². The minimum Gasteiger partial charge on any atom is -0.464 e. The topological polar surface area (TPSA) is 117 Å². The summed E-state index contributed by atoms with van der Waals surface area (Å²) in [5.74, 6) is -0.979. The quantitative estimate of drug-likeness (QED) is 0.557. The lowest BCUT2D eigenvalue weighted by Gasteiger charge is -2.11. The van der Waals surface area contributed by atoms with E-state index in [1.54, 1.807) is 19.2 Å². The van der Waals surface area contributed by atoms with Crippen LogP contribution in [0.4, 0.5) is 20.3 Å². The van der Waals surface area contributed by atoms with Crippen LogP contribution in [0, 0.1) is 0 Å². The van der Waals surface area contributed by atoms with Crippen LogP contribution in [0.2, 0.25) is 0 Å². The van der Waals surface area contributed by atoms with Gasteiger partial charge < -0.3 is 24.8 Å². The molecule has 2 aromatic heterocycles. The minimum atomic E-state index is -3.74. The van der Waals surface area contributed by atoms with Crippen molar-refractivity contribution in [2.45, 2.75) is 12.8 Å². The highest BCUT2D eigenvalue weighted by molar-refractivity contribution is 6.07. The van der Waals surface area contributed by atoms with Crippen molar-refractivity contribution >= 4 is 23.4 Å². The van der Waals surface area contributed by atoms with Gasteiger partial charge >= 0.3 is 12.3 Å². The molecule has 0 bridgehead atoms. The number of alkyl halides is 2. The first-order valence-electron chi connectivity index (χ1n) is 9.26. The predicted octanol–water partition coefficient (Wildman–Crippen LogP) is 2.79. The monoisotopic (exact) mass is 445 g/mol. The van der Waals surface area contributed by atoms with Gasteiger partial charge in [0.2, 0.25) is 0 Å². The highest BCUT2D eigenvalue weighted by Gasteiger charge is 2.43. The van der Waals surface area contributed by atoms with Gasteiger partial charge in [-0.1, -0.05) is 0 Å². The number of methoxy groups -OCH3 is 1. The maximum absolute atomic E-state index is 13.2. The van der Waals surface area contributed by atoms with E-state index in [0.717, 1.165) is 5.56 Å². The fourth-order valence-electron chi connectivity index (χ4n) is 3.02. The SMILES string of the molecule is COC(=O)c1cc(CNc2c(C(=O)Nc3ccc4c(c3)OC(F)(F)O4)cnn2C)ccn1. The van der Waals surface area contributed by atoms with Crippen molar-refractivity contribution in [1.82, 2.24) is 14.8 Å². The zero-order valence-corrected chi connectivity index (χ0v) is 16.9. The van der Waals surface area contributed by atoms with Gasteiger partial charge in [0.15, 0.2) is 11.5 Å². The summed E-state index contributed by atoms with van der Waals surface area (Å²) in [7, 11) is 2.91. The van der Waals surface area contributed by atoms with Gasteiger partial charge in [-0.3, -0.25) is 9.48 Å². The molecule has 0 fully saturated rings. The van der Waals surface area contributed by atoms with Gasteiger partial charge in [-0.25, -0.2) is 9.78 Å².